The molecule has 0 aliphatic heterocycles. The van der Waals surface area contributed by atoms with Crippen LogP contribution in [0, 0.1) is 0 Å². The van der Waals surface area contributed by atoms with Gasteiger partial charge in [0.2, 0.25) is 0 Å². The first-order valence-corrected chi connectivity index (χ1v) is 9.11. The van der Waals surface area contributed by atoms with Crippen molar-refractivity contribution >= 4 is 17.7 Å². The van der Waals surface area contributed by atoms with E-state index in [9.17, 15) is 9.59 Å². The van der Waals surface area contributed by atoms with Crippen molar-refractivity contribution in [3.8, 4) is 0 Å². The van der Waals surface area contributed by atoms with Crippen LogP contribution in [-0.4, -0.2) is 23.7 Å². The quantitative estimate of drug-likeness (QED) is 0.559. The summed E-state index contributed by atoms with van der Waals surface area (Å²) >= 11 is 0. The largest absolute Gasteiger partial charge is 0.478 e. The lowest BCUT2D eigenvalue weighted by atomic mass is 9.88. The van der Waals surface area contributed by atoms with E-state index in [1.165, 1.54) is 23.3 Å². The molecular formula is C23H22N2O3. The Kier molecular flexibility index (Phi) is 6.41. The van der Waals surface area contributed by atoms with Gasteiger partial charge in [-0.3, -0.25) is 0 Å². The fourth-order valence-electron chi connectivity index (χ4n) is 3.10. The summed E-state index contributed by atoms with van der Waals surface area (Å²) in [6.07, 6.45) is 0.763. The maximum Gasteiger partial charge on any atom is 0.335 e. The van der Waals surface area contributed by atoms with Crippen molar-refractivity contribution in [2.45, 2.75) is 12.3 Å². The Morgan fingerprint density at radius 2 is 1.32 bits per heavy atom. The Bertz CT molecular complexity index is 870. The van der Waals surface area contributed by atoms with E-state index in [0.29, 0.717) is 12.2 Å². The van der Waals surface area contributed by atoms with Crippen LogP contribution >= 0.6 is 0 Å². The number of urea groups is 1. The van der Waals surface area contributed by atoms with Gasteiger partial charge in [0.05, 0.1) is 5.56 Å². The van der Waals surface area contributed by atoms with Crippen LogP contribution in [-0.2, 0) is 0 Å². The molecule has 0 bridgehead atoms. The van der Waals surface area contributed by atoms with Crippen LogP contribution in [0.3, 0.4) is 0 Å². The lowest BCUT2D eigenvalue weighted by Crippen LogP contribution is -2.30. The molecule has 28 heavy (non-hydrogen) atoms. The highest BCUT2D eigenvalue weighted by Gasteiger charge is 2.14. The number of anilines is 1. The molecule has 3 rings (SSSR count). The molecule has 3 N–H and O–H groups in total. The van der Waals surface area contributed by atoms with Crippen LogP contribution in [0.5, 0.6) is 0 Å². The molecule has 0 saturated carbocycles. The second kappa shape index (κ2) is 9.37. The summed E-state index contributed by atoms with van der Waals surface area (Å²) in [5.41, 5.74) is 3.14. The molecule has 2 amide bonds. The van der Waals surface area contributed by atoms with Crippen LogP contribution in [0.25, 0.3) is 0 Å². The molecule has 0 saturated heterocycles. The van der Waals surface area contributed by atoms with Gasteiger partial charge in [0.25, 0.3) is 0 Å². The van der Waals surface area contributed by atoms with Crippen LogP contribution < -0.4 is 10.6 Å². The Hall–Kier alpha value is -3.60. The van der Waals surface area contributed by atoms with Gasteiger partial charge in [-0.05, 0) is 41.8 Å². The number of hydrogen-bond donors (Lipinski definition) is 3. The summed E-state index contributed by atoms with van der Waals surface area (Å²) in [5, 5.41) is 14.5. The molecule has 0 unspecified atom stereocenters. The Balaban J connectivity index is 1.58. The zero-order chi connectivity index (χ0) is 19.8. The topological polar surface area (TPSA) is 78.4 Å². The summed E-state index contributed by atoms with van der Waals surface area (Å²) in [6.45, 7) is 0.507. The van der Waals surface area contributed by atoms with Crippen molar-refractivity contribution in [1.82, 2.24) is 5.32 Å². The van der Waals surface area contributed by atoms with Gasteiger partial charge < -0.3 is 15.7 Å². The number of carboxylic acid groups (broad SMARTS) is 1. The van der Waals surface area contributed by atoms with E-state index in [0.717, 1.165) is 6.42 Å². The highest BCUT2D eigenvalue weighted by Crippen LogP contribution is 2.27. The lowest BCUT2D eigenvalue weighted by Gasteiger charge is -2.18. The third-order valence-electron chi connectivity index (χ3n) is 4.51. The van der Waals surface area contributed by atoms with Crippen molar-refractivity contribution < 1.29 is 14.7 Å². The number of hydrogen-bond acceptors (Lipinski definition) is 2. The van der Waals surface area contributed by atoms with Gasteiger partial charge in [0.1, 0.15) is 0 Å². The smallest absolute Gasteiger partial charge is 0.335 e. The van der Waals surface area contributed by atoms with E-state index in [-0.39, 0.29) is 17.5 Å². The van der Waals surface area contributed by atoms with Crippen molar-refractivity contribution in [1.29, 1.82) is 0 Å². The molecule has 5 nitrogen and oxygen atoms in total. The second-order valence-corrected chi connectivity index (χ2v) is 6.43. The lowest BCUT2D eigenvalue weighted by molar-refractivity contribution is 0.0697. The number of rotatable bonds is 7. The van der Waals surface area contributed by atoms with E-state index in [2.05, 4.69) is 34.9 Å². The van der Waals surface area contributed by atoms with E-state index in [4.69, 9.17) is 5.11 Å². The summed E-state index contributed by atoms with van der Waals surface area (Å²) in [5.74, 6) is -0.804. The van der Waals surface area contributed by atoms with Crippen LogP contribution in [0.4, 0.5) is 10.5 Å². The number of carbonyl (C=O) groups is 2. The van der Waals surface area contributed by atoms with Crippen LogP contribution in [0.15, 0.2) is 84.9 Å². The van der Waals surface area contributed by atoms with Gasteiger partial charge >= 0.3 is 12.0 Å². The molecule has 0 aliphatic carbocycles. The van der Waals surface area contributed by atoms with E-state index >= 15 is 0 Å². The van der Waals surface area contributed by atoms with Crippen molar-refractivity contribution in [2.24, 2.45) is 0 Å². The normalized spacial score (nSPS) is 10.5. The molecule has 0 atom stereocenters. The van der Waals surface area contributed by atoms with Gasteiger partial charge in [-0.1, -0.05) is 60.7 Å². The third kappa shape index (κ3) is 5.20. The fourth-order valence-corrected chi connectivity index (χ4v) is 3.10. The first-order valence-electron chi connectivity index (χ1n) is 9.11. The molecule has 0 spiro atoms. The average Bonchev–Trinajstić information content (AvgIpc) is 2.73. The predicted molar refractivity (Wildman–Crippen MR) is 110 cm³/mol. The van der Waals surface area contributed by atoms with Gasteiger partial charge in [0, 0.05) is 18.2 Å². The number of carbonyl (C=O) groups excluding carboxylic acids is 1. The summed E-state index contributed by atoms with van der Waals surface area (Å²) < 4.78 is 0. The van der Waals surface area contributed by atoms with Crippen molar-refractivity contribution in [2.75, 3.05) is 11.9 Å². The highest BCUT2D eigenvalue weighted by atomic mass is 16.4. The van der Waals surface area contributed by atoms with Crippen molar-refractivity contribution in [3.63, 3.8) is 0 Å². The Labute approximate surface area is 164 Å². The first-order chi connectivity index (χ1) is 13.6. The number of carboxylic acids is 1. The number of aromatic carboxylic acids is 1. The Morgan fingerprint density at radius 3 is 1.82 bits per heavy atom. The summed E-state index contributed by atoms with van der Waals surface area (Å²) in [4.78, 5) is 23.0. The third-order valence-corrected chi connectivity index (χ3v) is 4.51. The molecular weight excluding hydrogens is 352 g/mol. The molecule has 3 aromatic rings. The maximum absolute atomic E-state index is 12.1. The van der Waals surface area contributed by atoms with Gasteiger partial charge in [-0.15, -0.1) is 0 Å². The average molecular weight is 374 g/mol. The number of amides is 2. The van der Waals surface area contributed by atoms with E-state index < -0.39 is 5.97 Å². The minimum Gasteiger partial charge on any atom is -0.478 e. The highest BCUT2D eigenvalue weighted by molar-refractivity contribution is 5.91. The van der Waals surface area contributed by atoms with Crippen LogP contribution in [0.2, 0.25) is 0 Å². The standard InChI is InChI=1S/C23H22N2O3/c26-22(27)19-11-13-20(14-12-19)25-23(28)24-16-15-21(17-7-3-1-4-8-17)18-9-5-2-6-10-18/h1-14,21H,15-16H2,(H,26,27)(H2,24,25,28). The molecule has 0 heterocycles. The molecule has 5 heteroatoms. The molecule has 0 aliphatic rings. The van der Waals surface area contributed by atoms with E-state index in [1.54, 1.807) is 12.1 Å². The van der Waals surface area contributed by atoms with Crippen LogP contribution in [0.1, 0.15) is 33.8 Å². The minimum atomic E-state index is -0.996. The summed E-state index contributed by atoms with van der Waals surface area (Å²) in [6, 6.07) is 26.2. The monoisotopic (exact) mass is 374 g/mol. The minimum absolute atomic E-state index is 0.180. The number of benzene rings is 3. The van der Waals surface area contributed by atoms with Crippen molar-refractivity contribution in [3.05, 3.63) is 102 Å². The fraction of sp³-hybridized carbons (Fsp3) is 0.130. The van der Waals surface area contributed by atoms with Gasteiger partial charge in [0.15, 0.2) is 0 Å². The Morgan fingerprint density at radius 1 is 0.786 bits per heavy atom. The SMILES string of the molecule is O=C(NCCC(c1ccccc1)c1ccccc1)Nc1ccc(C(=O)O)cc1. The number of nitrogens with one attached hydrogen (secondary N) is 2. The molecule has 0 fully saturated rings. The zero-order valence-electron chi connectivity index (χ0n) is 15.3. The van der Waals surface area contributed by atoms with Gasteiger partial charge in [-0.2, -0.15) is 0 Å². The molecule has 0 aromatic heterocycles. The predicted octanol–water partition coefficient (Wildman–Crippen LogP) is 4.73. The molecule has 0 radical (unpaired) electrons. The molecule has 142 valence electrons. The molecule has 3 aromatic carbocycles. The van der Waals surface area contributed by atoms with E-state index in [1.807, 2.05) is 36.4 Å². The first kappa shape index (κ1) is 19.2. The zero-order valence-corrected chi connectivity index (χ0v) is 15.3. The van der Waals surface area contributed by atoms with Gasteiger partial charge in [-0.25, -0.2) is 9.59 Å². The summed E-state index contributed by atoms with van der Waals surface area (Å²) in [7, 11) is 0. The maximum atomic E-state index is 12.1. The second-order valence-electron chi connectivity index (χ2n) is 6.43.